The van der Waals surface area contributed by atoms with E-state index >= 15 is 0 Å². The van der Waals surface area contributed by atoms with Gasteiger partial charge in [0.15, 0.2) is 6.10 Å². The highest BCUT2D eigenvalue weighted by Crippen LogP contribution is 2.43. The van der Waals surface area contributed by atoms with Crippen LogP contribution in [0.1, 0.15) is 361 Å². The molecule has 0 aromatic rings. The van der Waals surface area contributed by atoms with Gasteiger partial charge < -0.3 is 20.1 Å². The fourth-order valence-corrected chi connectivity index (χ4v) is 11.0. The molecule has 0 spiro atoms. The third kappa shape index (κ3) is 63.5. The van der Waals surface area contributed by atoms with Crippen molar-refractivity contribution < 1.29 is 37.6 Å². The van der Waals surface area contributed by atoms with Crippen LogP contribution in [0.2, 0.25) is 0 Å². The van der Waals surface area contributed by atoms with E-state index < -0.39 is 26.5 Å². The van der Waals surface area contributed by atoms with E-state index in [2.05, 4.69) is 38.2 Å². The number of nitrogens with two attached hydrogens (primary N) is 1. The number of rotatable bonds is 65. The smallest absolute Gasteiger partial charge is 0.462 e. The Bertz CT molecular complexity index is 1310. The van der Waals surface area contributed by atoms with E-state index in [1.807, 2.05) is 0 Å². The average molecular weight is 1110 g/mol. The topological polar surface area (TPSA) is 134 Å². The number of carbonyl (C=O) groups is 2. The molecule has 0 bridgehead atoms. The first-order chi connectivity index (χ1) is 37.8. The second-order valence-electron chi connectivity index (χ2n) is 23.0. The number of hydrogen-bond acceptors (Lipinski definition) is 8. The van der Waals surface area contributed by atoms with Crippen LogP contribution in [0.4, 0.5) is 0 Å². The first-order valence-electron chi connectivity index (χ1n) is 33.8. The minimum Gasteiger partial charge on any atom is -0.462 e. The molecule has 0 aliphatic heterocycles. The number of esters is 2. The lowest BCUT2D eigenvalue weighted by Crippen LogP contribution is -2.29. The lowest BCUT2D eigenvalue weighted by molar-refractivity contribution is -0.161. The van der Waals surface area contributed by atoms with Crippen LogP contribution < -0.4 is 5.73 Å². The van der Waals surface area contributed by atoms with Gasteiger partial charge in [-0.05, 0) is 64.2 Å². The second kappa shape index (κ2) is 63.7. The summed E-state index contributed by atoms with van der Waals surface area (Å²) in [5.74, 6) is -0.809. The fraction of sp³-hybridized carbons (Fsp3) is 0.910. The maximum absolute atomic E-state index is 12.7. The van der Waals surface area contributed by atoms with Crippen molar-refractivity contribution in [3.8, 4) is 0 Å². The molecule has 77 heavy (non-hydrogen) atoms. The number of allylic oxidation sites excluding steroid dienone is 4. The predicted molar refractivity (Wildman–Crippen MR) is 331 cm³/mol. The summed E-state index contributed by atoms with van der Waals surface area (Å²) in [5, 5.41) is 0. The van der Waals surface area contributed by atoms with E-state index in [9.17, 15) is 19.0 Å². The Hall–Kier alpha value is -1.51. The molecule has 0 aromatic heterocycles. The quantitative estimate of drug-likeness (QED) is 0.0264. The van der Waals surface area contributed by atoms with Gasteiger partial charge in [-0.3, -0.25) is 18.6 Å². The van der Waals surface area contributed by atoms with Crippen LogP contribution in [0.15, 0.2) is 24.3 Å². The molecule has 456 valence electrons. The third-order valence-corrected chi connectivity index (χ3v) is 16.3. The molecule has 2 atom stereocenters. The van der Waals surface area contributed by atoms with Crippen molar-refractivity contribution >= 4 is 19.8 Å². The second-order valence-corrected chi connectivity index (χ2v) is 24.5. The lowest BCUT2D eigenvalue weighted by Gasteiger charge is -2.19. The van der Waals surface area contributed by atoms with Crippen LogP contribution in [0.3, 0.4) is 0 Å². The zero-order chi connectivity index (χ0) is 55.9. The number of unbranched alkanes of at least 4 members (excludes halogenated alkanes) is 48. The molecule has 0 aliphatic rings. The van der Waals surface area contributed by atoms with Crippen LogP contribution >= 0.6 is 7.82 Å². The van der Waals surface area contributed by atoms with E-state index in [0.29, 0.717) is 6.42 Å². The number of hydrogen-bond donors (Lipinski definition) is 2. The molecule has 0 aromatic carbocycles. The first kappa shape index (κ1) is 75.5. The maximum atomic E-state index is 12.7. The standard InChI is InChI=1S/C67H130NO8P/c1-3-5-7-9-11-13-15-17-19-21-23-25-26-27-28-29-30-31-32-33-34-35-36-37-38-40-42-44-46-48-50-52-54-56-58-60-67(70)76-65(64-75-77(71,72)74-62-61-68)63-73-66(69)59-57-55-53-51-49-47-45-43-41-39-24-22-20-18-16-14-12-10-8-6-4-2/h21-24,65H,3-20,25-64,68H2,1-2H3,(H,71,72)/b23-21-,24-22-. The average Bonchev–Trinajstić information content (AvgIpc) is 3.42. The minimum absolute atomic E-state index is 0.0560. The fourth-order valence-electron chi connectivity index (χ4n) is 10.3. The van der Waals surface area contributed by atoms with Crippen LogP contribution in [0, 0.1) is 0 Å². The number of phosphoric acid groups is 1. The summed E-state index contributed by atoms with van der Waals surface area (Å²) in [4.78, 5) is 35.3. The Morgan fingerprint density at radius 2 is 0.636 bits per heavy atom. The molecule has 2 unspecified atom stereocenters. The number of ether oxygens (including phenoxy) is 2. The Kier molecular flexibility index (Phi) is 62.4. The van der Waals surface area contributed by atoms with Gasteiger partial charge in [0, 0.05) is 19.4 Å². The van der Waals surface area contributed by atoms with Gasteiger partial charge in [-0.1, -0.05) is 308 Å². The van der Waals surface area contributed by atoms with Crippen LogP contribution in [-0.2, 0) is 32.7 Å². The maximum Gasteiger partial charge on any atom is 0.472 e. The zero-order valence-corrected chi connectivity index (χ0v) is 52.1. The van der Waals surface area contributed by atoms with E-state index in [1.54, 1.807) is 0 Å². The Morgan fingerprint density at radius 3 is 0.922 bits per heavy atom. The van der Waals surface area contributed by atoms with Crippen molar-refractivity contribution in [2.75, 3.05) is 26.4 Å². The summed E-state index contributed by atoms with van der Waals surface area (Å²) < 4.78 is 33.1. The summed E-state index contributed by atoms with van der Waals surface area (Å²) in [5.41, 5.74) is 5.40. The molecule has 9 nitrogen and oxygen atoms in total. The molecular weight excluding hydrogens is 978 g/mol. The monoisotopic (exact) mass is 1110 g/mol. The van der Waals surface area contributed by atoms with Gasteiger partial charge in [0.05, 0.1) is 13.2 Å². The molecular formula is C67H130NO8P. The molecule has 3 N–H and O–H groups in total. The van der Waals surface area contributed by atoms with Crippen molar-refractivity contribution in [1.82, 2.24) is 0 Å². The molecule has 0 radical (unpaired) electrons. The summed E-state index contributed by atoms with van der Waals surface area (Å²) in [6, 6.07) is 0. The van der Waals surface area contributed by atoms with Crippen molar-refractivity contribution in [1.29, 1.82) is 0 Å². The van der Waals surface area contributed by atoms with Crippen molar-refractivity contribution in [2.45, 2.75) is 367 Å². The molecule has 0 saturated carbocycles. The normalized spacial score (nSPS) is 13.0. The molecule has 0 rings (SSSR count). The van der Waals surface area contributed by atoms with Gasteiger partial charge in [-0.15, -0.1) is 0 Å². The minimum atomic E-state index is -4.39. The Labute approximate surface area is 478 Å². The van der Waals surface area contributed by atoms with E-state index in [0.717, 1.165) is 32.1 Å². The molecule has 0 fully saturated rings. The Morgan fingerprint density at radius 1 is 0.377 bits per heavy atom. The van der Waals surface area contributed by atoms with Gasteiger partial charge in [-0.25, -0.2) is 4.57 Å². The summed E-state index contributed by atoms with van der Waals surface area (Å²) in [6.07, 6.45) is 77.0. The van der Waals surface area contributed by atoms with E-state index in [4.69, 9.17) is 24.3 Å². The lowest BCUT2D eigenvalue weighted by atomic mass is 10.0. The summed E-state index contributed by atoms with van der Waals surface area (Å²) in [7, 11) is -4.39. The third-order valence-electron chi connectivity index (χ3n) is 15.3. The summed E-state index contributed by atoms with van der Waals surface area (Å²) in [6.45, 7) is 3.81. The summed E-state index contributed by atoms with van der Waals surface area (Å²) >= 11 is 0. The van der Waals surface area contributed by atoms with E-state index in [1.165, 1.54) is 295 Å². The van der Waals surface area contributed by atoms with Crippen molar-refractivity contribution in [3.05, 3.63) is 24.3 Å². The van der Waals surface area contributed by atoms with Crippen LogP contribution in [0.5, 0.6) is 0 Å². The van der Waals surface area contributed by atoms with Gasteiger partial charge in [0.2, 0.25) is 0 Å². The highest BCUT2D eigenvalue weighted by molar-refractivity contribution is 7.47. The van der Waals surface area contributed by atoms with Gasteiger partial charge >= 0.3 is 19.8 Å². The van der Waals surface area contributed by atoms with Crippen LogP contribution in [-0.4, -0.2) is 49.3 Å². The molecule has 0 amide bonds. The zero-order valence-electron chi connectivity index (χ0n) is 51.2. The molecule has 0 saturated heterocycles. The molecule has 0 heterocycles. The van der Waals surface area contributed by atoms with Gasteiger partial charge in [-0.2, -0.15) is 0 Å². The van der Waals surface area contributed by atoms with Gasteiger partial charge in [0.25, 0.3) is 0 Å². The van der Waals surface area contributed by atoms with Crippen molar-refractivity contribution in [2.24, 2.45) is 5.73 Å². The van der Waals surface area contributed by atoms with Gasteiger partial charge in [0.1, 0.15) is 6.61 Å². The Balaban J connectivity index is 3.80. The van der Waals surface area contributed by atoms with Crippen LogP contribution in [0.25, 0.3) is 0 Å². The van der Waals surface area contributed by atoms with Crippen molar-refractivity contribution in [3.63, 3.8) is 0 Å². The highest BCUT2D eigenvalue weighted by Gasteiger charge is 2.26. The SMILES string of the molecule is CCCCCCCCCC/C=C\CCCCCCCCCCCCCCCCCCCCCCCCCC(=O)OC(COC(=O)CCCCCCCCCCC/C=C\CCCCCCCCCC)COP(=O)(O)OCCN. The number of carbonyl (C=O) groups excluding carboxylic acids is 2. The largest absolute Gasteiger partial charge is 0.472 e. The predicted octanol–water partition coefficient (Wildman–Crippen LogP) is 21.8. The highest BCUT2D eigenvalue weighted by atomic mass is 31.2. The first-order valence-corrected chi connectivity index (χ1v) is 35.3. The molecule has 0 aliphatic carbocycles. The van der Waals surface area contributed by atoms with E-state index in [-0.39, 0.29) is 38.6 Å². The molecule has 10 heteroatoms. The number of phosphoric ester groups is 1.